The van der Waals surface area contributed by atoms with E-state index in [4.69, 9.17) is 5.11 Å². The predicted molar refractivity (Wildman–Crippen MR) is 139 cm³/mol. The molecule has 8 nitrogen and oxygen atoms in total. The van der Waals surface area contributed by atoms with Crippen LogP contribution >= 0.6 is 11.8 Å². The van der Waals surface area contributed by atoms with Gasteiger partial charge in [-0.2, -0.15) is 0 Å². The number of anilines is 2. The van der Waals surface area contributed by atoms with Crippen molar-refractivity contribution in [3.8, 4) is 0 Å². The molecule has 4 N–H and O–H groups in total. The Kier molecular flexibility index (Phi) is 8.50. The molecule has 0 spiro atoms. The van der Waals surface area contributed by atoms with E-state index in [0.29, 0.717) is 5.69 Å². The van der Waals surface area contributed by atoms with Gasteiger partial charge in [0.05, 0.1) is 21.9 Å². The number of benzene rings is 3. The first-order chi connectivity index (χ1) is 17.1. The summed E-state index contributed by atoms with van der Waals surface area (Å²) in [7, 11) is 0. The Bertz CT molecular complexity index is 1320. The van der Waals surface area contributed by atoms with Gasteiger partial charge in [-0.1, -0.05) is 25.1 Å². The number of hydrogen-bond donors (Lipinski definition) is 4. The summed E-state index contributed by atoms with van der Waals surface area (Å²) in [5, 5.41) is 23.7. The molecule has 0 fully saturated rings. The van der Waals surface area contributed by atoms with Gasteiger partial charge in [0.25, 0.3) is 5.91 Å². The van der Waals surface area contributed by atoms with Gasteiger partial charge in [-0.15, -0.1) is 11.8 Å². The van der Waals surface area contributed by atoms with Gasteiger partial charge < -0.3 is 20.8 Å². The van der Waals surface area contributed by atoms with E-state index in [1.54, 1.807) is 24.3 Å². The molecule has 3 aromatic rings. The Morgan fingerprint density at radius 1 is 0.889 bits per heavy atom. The van der Waals surface area contributed by atoms with E-state index in [-0.39, 0.29) is 22.3 Å². The summed E-state index contributed by atoms with van der Waals surface area (Å²) in [6.07, 6.45) is 0.809. The SMILES string of the molecule is CCc1cccc(C)c1NC(=O)C(C)Sc1ccc(NC(=O)c2ccc(C(=O)O)cc2C(=O)O)cc1. The van der Waals surface area contributed by atoms with Crippen LogP contribution in [0.15, 0.2) is 65.6 Å². The van der Waals surface area contributed by atoms with Crippen molar-refractivity contribution in [2.75, 3.05) is 10.6 Å². The summed E-state index contributed by atoms with van der Waals surface area (Å²) in [4.78, 5) is 48.9. The van der Waals surface area contributed by atoms with E-state index in [1.165, 1.54) is 23.9 Å². The fourth-order valence-corrected chi connectivity index (χ4v) is 4.42. The van der Waals surface area contributed by atoms with Crippen LogP contribution in [0, 0.1) is 6.92 Å². The van der Waals surface area contributed by atoms with E-state index in [1.807, 2.05) is 39.0 Å². The highest BCUT2D eigenvalue weighted by Gasteiger charge is 2.20. The van der Waals surface area contributed by atoms with Crippen LogP contribution in [-0.2, 0) is 11.2 Å². The zero-order valence-electron chi connectivity index (χ0n) is 20.0. The van der Waals surface area contributed by atoms with Crippen LogP contribution in [-0.4, -0.2) is 39.2 Å². The van der Waals surface area contributed by atoms with Gasteiger partial charge in [-0.3, -0.25) is 9.59 Å². The second kappa shape index (κ2) is 11.5. The average molecular weight is 507 g/mol. The number of carbonyl (C=O) groups is 4. The number of para-hydroxylation sites is 1. The number of aromatic carboxylic acids is 2. The third-order valence-corrected chi connectivity index (χ3v) is 6.64. The van der Waals surface area contributed by atoms with E-state index in [0.717, 1.165) is 34.2 Å². The molecule has 0 saturated carbocycles. The van der Waals surface area contributed by atoms with Crippen LogP contribution in [0.1, 0.15) is 56.0 Å². The van der Waals surface area contributed by atoms with Crippen LogP contribution in [0.25, 0.3) is 0 Å². The minimum atomic E-state index is -1.40. The molecule has 3 rings (SSSR count). The summed E-state index contributed by atoms with van der Waals surface area (Å²) in [5.74, 6) is -3.49. The van der Waals surface area contributed by atoms with Gasteiger partial charge in [0.2, 0.25) is 5.91 Å². The van der Waals surface area contributed by atoms with E-state index >= 15 is 0 Å². The Balaban J connectivity index is 1.66. The van der Waals surface area contributed by atoms with Crippen LogP contribution in [0.3, 0.4) is 0 Å². The van der Waals surface area contributed by atoms with Gasteiger partial charge in [-0.05, 0) is 73.9 Å². The van der Waals surface area contributed by atoms with Crippen LogP contribution in [0.4, 0.5) is 11.4 Å². The van der Waals surface area contributed by atoms with Crippen molar-refractivity contribution >= 4 is 46.9 Å². The maximum atomic E-state index is 12.8. The number of aryl methyl sites for hydroxylation is 2. The molecular formula is C27H26N2O6S. The maximum Gasteiger partial charge on any atom is 0.336 e. The summed E-state index contributed by atoms with van der Waals surface area (Å²) in [6, 6.07) is 16.0. The van der Waals surface area contributed by atoms with E-state index in [9.17, 15) is 24.3 Å². The lowest BCUT2D eigenvalue weighted by molar-refractivity contribution is -0.115. The molecule has 0 saturated heterocycles. The molecule has 3 aromatic carbocycles. The van der Waals surface area contributed by atoms with Crippen LogP contribution in [0.5, 0.6) is 0 Å². The molecule has 186 valence electrons. The second-order valence-corrected chi connectivity index (χ2v) is 9.48. The van der Waals surface area contributed by atoms with Crippen LogP contribution in [0.2, 0.25) is 0 Å². The number of hydrogen-bond acceptors (Lipinski definition) is 5. The molecule has 0 aromatic heterocycles. The van der Waals surface area contributed by atoms with Gasteiger partial charge in [0.15, 0.2) is 0 Å². The molecule has 0 aliphatic heterocycles. The summed E-state index contributed by atoms with van der Waals surface area (Å²) < 4.78 is 0. The first-order valence-electron chi connectivity index (χ1n) is 11.2. The van der Waals surface area contributed by atoms with Crippen molar-refractivity contribution in [2.45, 2.75) is 37.3 Å². The average Bonchev–Trinajstić information content (AvgIpc) is 2.85. The minimum Gasteiger partial charge on any atom is -0.478 e. The number of amides is 2. The highest BCUT2D eigenvalue weighted by molar-refractivity contribution is 8.00. The molecule has 0 radical (unpaired) electrons. The zero-order valence-corrected chi connectivity index (χ0v) is 20.8. The lowest BCUT2D eigenvalue weighted by Crippen LogP contribution is -2.23. The smallest absolute Gasteiger partial charge is 0.336 e. The van der Waals surface area contributed by atoms with Gasteiger partial charge in [-0.25, -0.2) is 9.59 Å². The Morgan fingerprint density at radius 2 is 1.58 bits per heavy atom. The summed E-state index contributed by atoms with van der Waals surface area (Å²) in [6.45, 7) is 5.81. The molecule has 2 amide bonds. The summed E-state index contributed by atoms with van der Waals surface area (Å²) >= 11 is 1.37. The molecule has 1 atom stereocenters. The molecule has 1 unspecified atom stereocenters. The Labute approximate surface area is 212 Å². The third kappa shape index (κ3) is 6.31. The normalized spacial score (nSPS) is 11.4. The van der Waals surface area contributed by atoms with Crippen molar-refractivity contribution in [2.24, 2.45) is 0 Å². The third-order valence-electron chi connectivity index (χ3n) is 5.52. The molecular weight excluding hydrogens is 480 g/mol. The number of thioether (sulfide) groups is 1. The van der Waals surface area contributed by atoms with E-state index in [2.05, 4.69) is 10.6 Å². The number of carboxylic acid groups (broad SMARTS) is 2. The topological polar surface area (TPSA) is 133 Å². The molecule has 9 heteroatoms. The molecule has 36 heavy (non-hydrogen) atoms. The maximum absolute atomic E-state index is 12.8. The number of carboxylic acids is 2. The van der Waals surface area contributed by atoms with Crippen LogP contribution < -0.4 is 10.6 Å². The number of carbonyl (C=O) groups excluding carboxylic acids is 2. The zero-order chi connectivity index (χ0) is 26.4. The lowest BCUT2D eigenvalue weighted by atomic mass is 10.0. The molecule has 0 aliphatic carbocycles. The number of nitrogens with one attached hydrogen (secondary N) is 2. The standard InChI is InChI=1S/C27H26N2O6S/c1-4-17-7-5-6-15(2)23(17)29-24(30)16(3)36-20-11-9-19(10-12-20)28-25(31)21-13-8-18(26(32)33)14-22(21)27(34)35/h5-14,16H,4H2,1-3H3,(H,28,31)(H,29,30)(H,32,33)(H,34,35). The first kappa shape index (κ1) is 26.5. The van der Waals surface area contributed by atoms with Crippen molar-refractivity contribution in [1.29, 1.82) is 0 Å². The quantitative estimate of drug-likeness (QED) is 0.289. The monoisotopic (exact) mass is 506 g/mol. The van der Waals surface area contributed by atoms with Gasteiger partial charge in [0, 0.05) is 16.3 Å². The largest absolute Gasteiger partial charge is 0.478 e. The first-order valence-corrected chi connectivity index (χ1v) is 12.1. The van der Waals surface area contributed by atoms with Gasteiger partial charge in [0.1, 0.15) is 0 Å². The van der Waals surface area contributed by atoms with Crippen molar-refractivity contribution in [3.63, 3.8) is 0 Å². The lowest BCUT2D eigenvalue weighted by Gasteiger charge is -2.16. The van der Waals surface area contributed by atoms with Crippen molar-refractivity contribution < 1.29 is 29.4 Å². The fraction of sp³-hybridized carbons (Fsp3) is 0.185. The highest BCUT2D eigenvalue weighted by atomic mass is 32.2. The second-order valence-electron chi connectivity index (χ2n) is 8.06. The minimum absolute atomic E-state index is 0.118. The molecule has 0 heterocycles. The summed E-state index contributed by atoms with van der Waals surface area (Å²) in [5.41, 5.74) is 2.56. The van der Waals surface area contributed by atoms with Gasteiger partial charge >= 0.3 is 11.9 Å². The van der Waals surface area contributed by atoms with E-state index < -0.39 is 23.4 Å². The Hall–Kier alpha value is -4.11. The molecule has 0 bridgehead atoms. The predicted octanol–water partition coefficient (Wildman–Crippen LogP) is 5.33. The Morgan fingerprint density at radius 3 is 2.19 bits per heavy atom. The highest BCUT2D eigenvalue weighted by Crippen LogP contribution is 2.28. The van der Waals surface area contributed by atoms with Crippen molar-refractivity contribution in [3.05, 3.63) is 88.5 Å². The number of rotatable bonds is 9. The fourth-order valence-electron chi connectivity index (χ4n) is 3.55. The van der Waals surface area contributed by atoms with Crippen molar-refractivity contribution in [1.82, 2.24) is 0 Å². The molecule has 0 aliphatic rings.